The van der Waals surface area contributed by atoms with Gasteiger partial charge in [-0.05, 0) is 20.8 Å². The van der Waals surface area contributed by atoms with Crippen molar-refractivity contribution in [3.63, 3.8) is 0 Å². The van der Waals surface area contributed by atoms with Gasteiger partial charge in [-0.25, -0.2) is 8.42 Å². The van der Waals surface area contributed by atoms with Crippen molar-refractivity contribution >= 4 is 21.7 Å². The maximum absolute atomic E-state index is 11.6. The van der Waals surface area contributed by atoms with E-state index < -0.39 is 21.2 Å². The van der Waals surface area contributed by atoms with Crippen LogP contribution < -0.4 is 4.72 Å². The van der Waals surface area contributed by atoms with Crippen molar-refractivity contribution in [3.05, 3.63) is 12.4 Å². The summed E-state index contributed by atoms with van der Waals surface area (Å²) in [6.07, 6.45) is 2.85. The van der Waals surface area contributed by atoms with Gasteiger partial charge in [0.2, 0.25) is 10.0 Å². The summed E-state index contributed by atoms with van der Waals surface area (Å²) < 4.78 is 26.9. The molecule has 0 saturated carbocycles. The lowest BCUT2D eigenvalue weighted by Crippen LogP contribution is -2.31. The SMILES string of the molecule is CC(C)n1cc(NS(=O)(=O)C(C)C(=O)O)cn1. The highest BCUT2D eigenvalue weighted by atomic mass is 32.2. The molecule has 0 fully saturated rings. The maximum atomic E-state index is 11.6. The van der Waals surface area contributed by atoms with Gasteiger partial charge in [-0.1, -0.05) is 0 Å². The van der Waals surface area contributed by atoms with E-state index in [9.17, 15) is 13.2 Å². The summed E-state index contributed by atoms with van der Waals surface area (Å²) in [7, 11) is -3.93. The first-order chi connectivity index (χ1) is 7.74. The summed E-state index contributed by atoms with van der Waals surface area (Å²) >= 11 is 0. The average Bonchev–Trinajstić information content (AvgIpc) is 2.64. The number of carboxylic acids is 1. The number of aromatic nitrogens is 2. The molecule has 0 saturated heterocycles. The molecule has 0 aromatic carbocycles. The minimum atomic E-state index is -3.93. The minimum absolute atomic E-state index is 0.102. The average molecular weight is 261 g/mol. The largest absolute Gasteiger partial charge is 0.480 e. The lowest BCUT2D eigenvalue weighted by molar-refractivity contribution is -0.136. The smallest absolute Gasteiger partial charge is 0.323 e. The van der Waals surface area contributed by atoms with Gasteiger partial charge in [-0.15, -0.1) is 0 Å². The second-order valence-corrected chi connectivity index (χ2v) is 5.93. The fourth-order valence-electron chi connectivity index (χ4n) is 1.06. The second-order valence-electron chi connectivity index (χ2n) is 3.93. The molecule has 2 N–H and O–H groups in total. The molecule has 8 heteroatoms. The molecule has 0 amide bonds. The molecule has 1 unspecified atom stereocenters. The Hall–Kier alpha value is -1.57. The Morgan fingerprint density at radius 2 is 2.06 bits per heavy atom. The first-order valence-electron chi connectivity index (χ1n) is 5.02. The van der Waals surface area contributed by atoms with Gasteiger partial charge in [0.15, 0.2) is 5.25 Å². The van der Waals surface area contributed by atoms with Crippen LogP contribution in [0.25, 0.3) is 0 Å². The van der Waals surface area contributed by atoms with Crippen LogP contribution in [-0.2, 0) is 14.8 Å². The Kier molecular flexibility index (Phi) is 3.76. The fraction of sp³-hybridized carbons (Fsp3) is 0.556. The molecule has 0 aliphatic carbocycles. The van der Waals surface area contributed by atoms with Crippen LogP contribution in [0.5, 0.6) is 0 Å². The molecule has 0 radical (unpaired) electrons. The van der Waals surface area contributed by atoms with E-state index in [4.69, 9.17) is 5.11 Å². The Morgan fingerprint density at radius 1 is 1.47 bits per heavy atom. The van der Waals surface area contributed by atoms with Crippen molar-refractivity contribution in [2.75, 3.05) is 4.72 Å². The molecular weight excluding hydrogens is 246 g/mol. The summed E-state index contributed by atoms with van der Waals surface area (Å²) in [4.78, 5) is 10.6. The van der Waals surface area contributed by atoms with Crippen LogP contribution >= 0.6 is 0 Å². The number of rotatable bonds is 5. The van der Waals surface area contributed by atoms with E-state index in [2.05, 4.69) is 9.82 Å². The number of carbonyl (C=O) groups is 1. The van der Waals surface area contributed by atoms with Crippen molar-refractivity contribution in [2.45, 2.75) is 32.1 Å². The zero-order valence-corrected chi connectivity index (χ0v) is 10.6. The van der Waals surface area contributed by atoms with Gasteiger partial charge in [-0.3, -0.25) is 14.2 Å². The highest BCUT2D eigenvalue weighted by molar-refractivity contribution is 7.94. The number of nitrogens with one attached hydrogen (secondary N) is 1. The van der Waals surface area contributed by atoms with E-state index in [0.29, 0.717) is 0 Å². The summed E-state index contributed by atoms with van der Waals surface area (Å²) in [5.41, 5.74) is 0.256. The number of hydrogen-bond acceptors (Lipinski definition) is 4. The van der Waals surface area contributed by atoms with Gasteiger partial charge < -0.3 is 5.11 Å². The molecule has 17 heavy (non-hydrogen) atoms. The van der Waals surface area contributed by atoms with Crippen LogP contribution in [0.3, 0.4) is 0 Å². The number of sulfonamides is 1. The predicted molar refractivity (Wildman–Crippen MR) is 62.3 cm³/mol. The van der Waals surface area contributed by atoms with E-state index in [1.54, 1.807) is 4.68 Å². The van der Waals surface area contributed by atoms with Crippen LogP contribution in [0.15, 0.2) is 12.4 Å². The van der Waals surface area contributed by atoms with Gasteiger partial charge in [0.05, 0.1) is 11.9 Å². The van der Waals surface area contributed by atoms with E-state index in [0.717, 1.165) is 6.92 Å². The molecule has 1 rings (SSSR count). The molecule has 1 heterocycles. The maximum Gasteiger partial charge on any atom is 0.323 e. The normalized spacial score (nSPS) is 13.6. The van der Waals surface area contributed by atoms with Crippen molar-refractivity contribution < 1.29 is 18.3 Å². The Labute approximate surface area is 99.5 Å². The Morgan fingerprint density at radius 3 is 2.47 bits per heavy atom. The van der Waals surface area contributed by atoms with Crippen LogP contribution in [0.1, 0.15) is 26.8 Å². The zero-order valence-electron chi connectivity index (χ0n) is 9.78. The minimum Gasteiger partial charge on any atom is -0.480 e. The van der Waals surface area contributed by atoms with Crippen molar-refractivity contribution in [3.8, 4) is 0 Å². The lowest BCUT2D eigenvalue weighted by atomic mass is 10.4. The Bertz CT molecular complexity index is 506. The first kappa shape index (κ1) is 13.5. The molecule has 0 aliphatic rings. The second kappa shape index (κ2) is 4.74. The molecule has 0 bridgehead atoms. The highest BCUT2D eigenvalue weighted by Crippen LogP contribution is 2.13. The monoisotopic (exact) mass is 261 g/mol. The summed E-state index contributed by atoms with van der Waals surface area (Å²) in [5, 5.41) is 11.1. The van der Waals surface area contributed by atoms with E-state index >= 15 is 0 Å². The molecule has 1 atom stereocenters. The van der Waals surface area contributed by atoms with Crippen molar-refractivity contribution in [1.82, 2.24) is 9.78 Å². The van der Waals surface area contributed by atoms with Gasteiger partial charge in [-0.2, -0.15) is 5.10 Å². The number of nitrogens with zero attached hydrogens (tertiary/aromatic N) is 2. The van der Waals surface area contributed by atoms with Gasteiger partial charge >= 0.3 is 5.97 Å². The quantitative estimate of drug-likeness (QED) is 0.811. The Balaban J connectivity index is 2.87. The van der Waals surface area contributed by atoms with Gasteiger partial charge in [0, 0.05) is 12.2 Å². The number of aliphatic carboxylic acids is 1. The molecular formula is C9H15N3O4S. The van der Waals surface area contributed by atoms with Crippen LogP contribution in [0.4, 0.5) is 5.69 Å². The molecule has 7 nitrogen and oxygen atoms in total. The zero-order chi connectivity index (χ0) is 13.2. The van der Waals surface area contributed by atoms with Crippen LogP contribution in [0, 0.1) is 0 Å². The van der Waals surface area contributed by atoms with Crippen LogP contribution in [-0.4, -0.2) is 34.5 Å². The number of hydrogen-bond donors (Lipinski definition) is 2. The summed E-state index contributed by atoms with van der Waals surface area (Å²) in [5.74, 6) is -1.39. The predicted octanol–water partition coefficient (Wildman–Crippen LogP) is 0.679. The molecule has 0 aliphatic heterocycles. The third-order valence-corrected chi connectivity index (χ3v) is 3.86. The molecule has 0 spiro atoms. The third-order valence-electron chi connectivity index (χ3n) is 2.20. The van der Waals surface area contributed by atoms with Crippen molar-refractivity contribution in [2.24, 2.45) is 0 Å². The lowest BCUT2D eigenvalue weighted by Gasteiger charge is -2.09. The standard InChI is InChI=1S/C9H15N3O4S/c1-6(2)12-5-8(4-10-12)11-17(15,16)7(3)9(13)14/h4-7,11H,1-3H3,(H,13,14). The third kappa shape index (κ3) is 3.19. The van der Waals surface area contributed by atoms with Gasteiger partial charge in [0.1, 0.15) is 0 Å². The molecule has 1 aromatic rings. The van der Waals surface area contributed by atoms with E-state index in [1.807, 2.05) is 13.8 Å². The van der Waals surface area contributed by atoms with E-state index in [-0.39, 0.29) is 11.7 Å². The summed E-state index contributed by atoms with van der Waals surface area (Å²) in [6.45, 7) is 4.90. The van der Waals surface area contributed by atoms with E-state index in [1.165, 1.54) is 12.4 Å². The highest BCUT2D eigenvalue weighted by Gasteiger charge is 2.27. The van der Waals surface area contributed by atoms with Gasteiger partial charge in [0.25, 0.3) is 0 Å². The number of anilines is 1. The molecule has 1 aromatic heterocycles. The van der Waals surface area contributed by atoms with Crippen molar-refractivity contribution in [1.29, 1.82) is 0 Å². The summed E-state index contributed by atoms with van der Waals surface area (Å²) in [6, 6.07) is 0.102. The first-order valence-corrected chi connectivity index (χ1v) is 6.57. The topological polar surface area (TPSA) is 101 Å². The fourth-order valence-corrected chi connectivity index (χ4v) is 1.93. The molecule has 96 valence electrons. The van der Waals surface area contributed by atoms with Crippen LogP contribution in [0.2, 0.25) is 0 Å². The number of carboxylic acid groups (broad SMARTS) is 1.